The Morgan fingerprint density at radius 2 is 1.59 bits per heavy atom. The third kappa shape index (κ3) is 6.18. The molecule has 0 fully saturated rings. The fraction of sp³-hybridized carbons (Fsp3) is 0.375. The number of carbonyl (C=O) groups is 2. The zero-order valence-corrected chi connectivity index (χ0v) is 17.7. The van der Waals surface area contributed by atoms with Crippen LogP contribution in [0.4, 0.5) is 5.69 Å². The molecule has 0 spiro atoms. The smallest absolute Gasteiger partial charge is 0.251 e. The van der Waals surface area contributed by atoms with E-state index in [2.05, 4.69) is 37.5 Å². The Morgan fingerprint density at radius 1 is 1.00 bits per heavy atom. The minimum absolute atomic E-state index is 0.0121. The van der Waals surface area contributed by atoms with Gasteiger partial charge in [-0.25, -0.2) is 0 Å². The van der Waals surface area contributed by atoms with Crippen LogP contribution in [0.2, 0.25) is 0 Å². The zero-order chi connectivity index (χ0) is 21.6. The molecule has 0 bridgehead atoms. The second-order valence-corrected chi connectivity index (χ2v) is 8.54. The maximum atomic E-state index is 12.7. The summed E-state index contributed by atoms with van der Waals surface area (Å²) in [4.78, 5) is 25.4. The first-order valence-corrected chi connectivity index (χ1v) is 9.80. The standard InChI is InChI=1S/C24H29N3O2/c1-16(2)21(23(29)26-20-12-6-17(7-13-20)14-15-25)27-22(28)18-8-10-19(11-9-18)24(3,4)5/h6-13,16,21H,14H2,1-5H3,(H,26,29)(H,27,28). The monoisotopic (exact) mass is 391 g/mol. The summed E-state index contributed by atoms with van der Waals surface area (Å²) < 4.78 is 0. The third-order valence-corrected chi connectivity index (χ3v) is 4.75. The van der Waals surface area contributed by atoms with Crippen molar-refractivity contribution >= 4 is 17.5 Å². The summed E-state index contributed by atoms with van der Waals surface area (Å²) in [6.07, 6.45) is 0.326. The summed E-state index contributed by atoms with van der Waals surface area (Å²) >= 11 is 0. The lowest BCUT2D eigenvalue weighted by molar-refractivity contribution is -0.118. The van der Waals surface area contributed by atoms with Crippen molar-refractivity contribution in [2.24, 2.45) is 5.92 Å². The van der Waals surface area contributed by atoms with Crippen LogP contribution in [0, 0.1) is 17.2 Å². The van der Waals surface area contributed by atoms with Gasteiger partial charge >= 0.3 is 0 Å². The molecule has 0 heterocycles. The van der Waals surface area contributed by atoms with Crippen molar-refractivity contribution in [3.8, 4) is 6.07 Å². The minimum Gasteiger partial charge on any atom is -0.340 e. The van der Waals surface area contributed by atoms with Gasteiger partial charge in [0.2, 0.25) is 5.91 Å². The molecule has 1 unspecified atom stereocenters. The summed E-state index contributed by atoms with van der Waals surface area (Å²) in [5.41, 5.74) is 3.20. The number of benzene rings is 2. The molecule has 0 saturated heterocycles. The number of amides is 2. The average Bonchev–Trinajstić information content (AvgIpc) is 2.66. The second-order valence-electron chi connectivity index (χ2n) is 8.54. The molecule has 29 heavy (non-hydrogen) atoms. The van der Waals surface area contributed by atoms with Gasteiger partial charge in [0.05, 0.1) is 12.5 Å². The van der Waals surface area contributed by atoms with Gasteiger partial charge in [-0.15, -0.1) is 0 Å². The molecule has 0 radical (unpaired) electrons. The molecule has 2 aromatic rings. The van der Waals surface area contributed by atoms with Gasteiger partial charge in [0.15, 0.2) is 0 Å². The molecule has 2 amide bonds. The van der Waals surface area contributed by atoms with Crippen LogP contribution >= 0.6 is 0 Å². The summed E-state index contributed by atoms with van der Waals surface area (Å²) in [5, 5.41) is 14.4. The van der Waals surface area contributed by atoms with Crippen molar-refractivity contribution in [3.63, 3.8) is 0 Å². The zero-order valence-electron chi connectivity index (χ0n) is 17.7. The fourth-order valence-electron chi connectivity index (χ4n) is 2.90. The topological polar surface area (TPSA) is 82.0 Å². The fourth-order valence-corrected chi connectivity index (χ4v) is 2.90. The molecule has 2 rings (SSSR count). The van der Waals surface area contributed by atoms with E-state index in [1.807, 2.05) is 26.0 Å². The summed E-state index contributed by atoms with van der Waals surface area (Å²) in [5.74, 6) is -0.623. The number of hydrogen-bond donors (Lipinski definition) is 2. The SMILES string of the molecule is CC(C)C(NC(=O)c1ccc(C(C)(C)C)cc1)C(=O)Nc1ccc(CC#N)cc1. The molecule has 152 valence electrons. The molecule has 5 heteroatoms. The molecule has 0 aliphatic carbocycles. The number of rotatable bonds is 6. The van der Waals surface area contributed by atoms with Crippen molar-refractivity contribution in [1.29, 1.82) is 5.26 Å². The highest BCUT2D eigenvalue weighted by atomic mass is 16.2. The second kappa shape index (κ2) is 9.38. The van der Waals surface area contributed by atoms with Crippen molar-refractivity contribution in [1.82, 2.24) is 5.32 Å². The first-order valence-electron chi connectivity index (χ1n) is 9.80. The number of nitrogens with one attached hydrogen (secondary N) is 2. The van der Waals surface area contributed by atoms with E-state index in [1.165, 1.54) is 0 Å². The van der Waals surface area contributed by atoms with Crippen LogP contribution < -0.4 is 10.6 Å². The molecule has 2 aromatic carbocycles. The van der Waals surface area contributed by atoms with Gasteiger partial charge in [-0.3, -0.25) is 9.59 Å². The van der Waals surface area contributed by atoms with Crippen LogP contribution in [-0.4, -0.2) is 17.9 Å². The van der Waals surface area contributed by atoms with Crippen LogP contribution in [0.1, 0.15) is 56.1 Å². The van der Waals surface area contributed by atoms with Gasteiger partial charge in [0, 0.05) is 11.3 Å². The Hall–Kier alpha value is -3.13. The maximum absolute atomic E-state index is 12.7. The Bertz CT molecular complexity index is 886. The highest BCUT2D eigenvalue weighted by molar-refractivity contribution is 6.01. The van der Waals surface area contributed by atoms with Crippen LogP contribution in [-0.2, 0) is 16.6 Å². The molecule has 0 aromatic heterocycles. The van der Waals surface area contributed by atoms with Crippen LogP contribution in [0.25, 0.3) is 0 Å². The van der Waals surface area contributed by atoms with Gasteiger partial charge in [-0.1, -0.05) is 58.9 Å². The first-order chi connectivity index (χ1) is 13.6. The number of anilines is 1. The van der Waals surface area contributed by atoms with E-state index >= 15 is 0 Å². The van der Waals surface area contributed by atoms with Crippen LogP contribution in [0.15, 0.2) is 48.5 Å². The number of carbonyl (C=O) groups excluding carboxylic acids is 2. The van der Waals surface area contributed by atoms with E-state index in [0.717, 1.165) is 11.1 Å². The minimum atomic E-state index is -0.663. The molecular formula is C24H29N3O2. The molecule has 0 aliphatic rings. The van der Waals surface area contributed by atoms with Gasteiger partial charge in [0.25, 0.3) is 5.91 Å². The summed E-state index contributed by atoms with van der Waals surface area (Å²) in [6, 6.07) is 16.0. The Balaban J connectivity index is 2.07. The quantitative estimate of drug-likeness (QED) is 0.763. The van der Waals surface area contributed by atoms with E-state index in [9.17, 15) is 9.59 Å². The third-order valence-electron chi connectivity index (χ3n) is 4.75. The van der Waals surface area contributed by atoms with E-state index < -0.39 is 6.04 Å². The van der Waals surface area contributed by atoms with Gasteiger partial charge in [-0.05, 0) is 46.7 Å². The van der Waals surface area contributed by atoms with Crippen molar-refractivity contribution in [2.45, 2.75) is 52.5 Å². The van der Waals surface area contributed by atoms with Gasteiger partial charge in [0.1, 0.15) is 6.04 Å². The number of nitrogens with zero attached hydrogens (tertiary/aromatic N) is 1. The Morgan fingerprint density at radius 3 is 2.07 bits per heavy atom. The highest BCUT2D eigenvalue weighted by Gasteiger charge is 2.25. The first kappa shape index (κ1) is 22.2. The molecule has 0 aliphatic heterocycles. The Labute approximate surface area is 173 Å². The van der Waals surface area contributed by atoms with Crippen LogP contribution in [0.3, 0.4) is 0 Å². The average molecular weight is 392 g/mol. The normalized spacial score (nSPS) is 12.2. The number of nitriles is 1. The molecule has 1 atom stereocenters. The van der Waals surface area contributed by atoms with Crippen molar-refractivity contribution in [2.75, 3.05) is 5.32 Å². The number of hydrogen-bond acceptors (Lipinski definition) is 3. The lowest BCUT2D eigenvalue weighted by Gasteiger charge is -2.22. The summed E-state index contributed by atoms with van der Waals surface area (Å²) in [7, 11) is 0. The highest BCUT2D eigenvalue weighted by Crippen LogP contribution is 2.22. The Kier molecular flexibility index (Phi) is 7.17. The van der Waals surface area contributed by atoms with Crippen LogP contribution in [0.5, 0.6) is 0 Å². The van der Waals surface area contributed by atoms with Gasteiger partial charge in [-0.2, -0.15) is 5.26 Å². The van der Waals surface area contributed by atoms with Crippen molar-refractivity contribution < 1.29 is 9.59 Å². The van der Waals surface area contributed by atoms with E-state index in [1.54, 1.807) is 36.4 Å². The van der Waals surface area contributed by atoms with E-state index in [-0.39, 0.29) is 23.1 Å². The maximum Gasteiger partial charge on any atom is 0.251 e. The molecule has 0 saturated carbocycles. The summed E-state index contributed by atoms with van der Waals surface area (Å²) in [6.45, 7) is 10.1. The van der Waals surface area contributed by atoms with E-state index in [0.29, 0.717) is 17.7 Å². The van der Waals surface area contributed by atoms with Crippen molar-refractivity contribution in [3.05, 3.63) is 65.2 Å². The lowest BCUT2D eigenvalue weighted by atomic mass is 9.86. The van der Waals surface area contributed by atoms with E-state index in [4.69, 9.17) is 5.26 Å². The molecular weight excluding hydrogens is 362 g/mol. The molecule has 5 nitrogen and oxygen atoms in total. The lowest BCUT2D eigenvalue weighted by Crippen LogP contribution is -2.47. The largest absolute Gasteiger partial charge is 0.340 e. The predicted molar refractivity (Wildman–Crippen MR) is 116 cm³/mol. The van der Waals surface area contributed by atoms with Gasteiger partial charge < -0.3 is 10.6 Å². The molecule has 2 N–H and O–H groups in total. The predicted octanol–water partition coefficient (Wildman–Crippen LogP) is 4.44.